The molecule has 10 heteroatoms. The number of hydrogen-bond donors (Lipinski definition) is 2. The molecule has 0 radical (unpaired) electrons. The highest BCUT2D eigenvalue weighted by Crippen LogP contribution is 2.29. The number of carbonyl (C=O) groups excluding carboxylic acids is 1. The van der Waals surface area contributed by atoms with E-state index in [0.717, 1.165) is 0 Å². The lowest BCUT2D eigenvalue weighted by molar-refractivity contribution is -0.159. The first-order valence-corrected chi connectivity index (χ1v) is 5.78. The molecule has 0 aliphatic heterocycles. The molecule has 1 heterocycles. The minimum atomic E-state index is -4.72. The van der Waals surface area contributed by atoms with Crippen molar-refractivity contribution in [1.29, 1.82) is 0 Å². The summed E-state index contributed by atoms with van der Waals surface area (Å²) in [5.74, 6) is -4.44. The number of benzene rings is 1. The predicted molar refractivity (Wildman–Crippen MR) is 64.2 cm³/mol. The van der Waals surface area contributed by atoms with E-state index >= 15 is 0 Å². The van der Waals surface area contributed by atoms with Gasteiger partial charge in [-0.05, 0) is 5.56 Å². The van der Waals surface area contributed by atoms with Crippen molar-refractivity contribution in [1.82, 2.24) is 15.5 Å². The van der Waals surface area contributed by atoms with Crippen LogP contribution in [0.5, 0.6) is 0 Å². The Bertz CT molecular complexity index is 694. The summed E-state index contributed by atoms with van der Waals surface area (Å²) in [7, 11) is 0. The number of rotatable bonds is 3. The van der Waals surface area contributed by atoms with Crippen LogP contribution in [0.2, 0.25) is 0 Å². The van der Waals surface area contributed by atoms with E-state index in [1.165, 1.54) is 24.3 Å². The second kappa shape index (κ2) is 5.84. The molecule has 0 spiro atoms. The minimum absolute atomic E-state index is 0.0363. The van der Waals surface area contributed by atoms with E-state index in [9.17, 15) is 22.8 Å². The van der Waals surface area contributed by atoms with Crippen molar-refractivity contribution in [3.63, 3.8) is 0 Å². The van der Waals surface area contributed by atoms with Crippen LogP contribution in [-0.4, -0.2) is 27.1 Å². The van der Waals surface area contributed by atoms with Gasteiger partial charge in [-0.25, -0.2) is 4.79 Å². The Morgan fingerprint density at radius 2 is 1.86 bits per heavy atom. The van der Waals surface area contributed by atoms with Crippen LogP contribution >= 0.6 is 0 Å². The number of aromatic nitrogens is 2. The van der Waals surface area contributed by atoms with Gasteiger partial charge in [0.1, 0.15) is 0 Å². The summed E-state index contributed by atoms with van der Waals surface area (Å²) in [5, 5.41) is 13.8. The Kier molecular flexibility index (Phi) is 4.11. The lowest BCUT2D eigenvalue weighted by atomic mass is 10.1. The van der Waals surface area contributed by atoms with Gasteiger partial charge in [-0.1, -0.05) is 29.4 Å². The second-order valence-corrected chi connectivity index (χ2v) is 4.11. The number of amides is 1. The lowest BCUT2D eigenvalue weighted by Crippen LogP contribution is -2.29. The number of aliphatic carboxylic acids is 1. The molecule has 2 aromatic rings. The molecule has 0 saturated carbocycles. The number of carbonyl (C=O) groups is 2. The first-order chi connectivity index (χ1) is 10.3. The average molecular weight is 315 g/mol. The molecule has 1 aromatic carbocycles. The zero-order valence-electron chi connectivity index (χ0n) is 10.7. The molecule has 22 heavy (non-hydrogen) atoms. The lowest BCUT2D eigenvalue weighted by Gasteiger charge is -2.03. The van der Waals surface area contributed by atoms with Crippen molar-refractivity contribution in [2.45, 2.75) is 12.7 Å². The molecule has 1 amide bonds. The fourth-order valence-electron chi connectivity index (χ4n) is 1.49. The van der Waals surface area contributed by atoms with Gasteiger partial charge in [-0.3, -0.25) is 4.79 Å². The van der Waals surface area contributed by atoms with E-state index in [4.69, 9.17) is 5.11 Å². The number of halogens is 3. The van der Waals surface area contributed by atoms with Gasteiger partial charge >= 0.3 is 23.9 Å². The number of hydrogen-bond acceptors (Lipinski definition) is 5. The molecule has 2 rings (SSSR count). The van der Waals surface area contributed by atoms with Crippen LogP contribution in [0.3, 0.4) is 0 Å². The highest BCUT2D eigenvalue weighted by Gasteiger charge is 2.38. The van der Waals surface area contributed by atoms with E-state index in [1.807, 2.05) is 0 Å². The normalized spacial score (nSPS) is 11.2. The van der Waals surface area contributed by atoms with Crippen molar-refractivity contribution >= 4 is 11.9 Å². The van der Waals surface area contributed by atoms with Gasteiger partial charge in [0.15, 0.2) is 0 Å². The van der Waals surface area contributed by atoms with Gasteiger partial charge in [0.05, 0.1) is 0 Å². The van der Waals surface area contributed by atoms with Gasteiger partial charge in [0, 0.05) is 12.1 Å². The number of nitrogens with zero attached hydrogens (tertiary/aromatic N) is 2. The van der Waals surface area contributed by atoms with Crippen molar-refractivity contribution in [2.75, 3.05) is 0 Å². The summed E-state index contributed by atoms with van der Waals surface area (Å²) < 4.78 is 41.1. The second-order valence-electron chi connectivity index (χ2n) is 4.11. The zero-order valence-corrected chi connectivity index (χ0v) is 10.7. The van der Waals surface area contributed by atoms with Gasteiger partial charge in [0.2, 0.25) is 5.82 Å². The summed E-state index contributed by atoms with van der Waals surface area (Å²) >= 11 is 0. The van der Waals surface area contributed by atoms with Gasteiger partial charge in [-0.15, -0.1) is 0 Å². The molecule has 0 aliphatic rings. The van der Waals surface area contributed by atoms with Crippen molar-refractivity contribution in [3.8, 4) is 11.4 Å². The van der Waals surface area contributed by atoms with Crippen LogP contribution in [0.4, 0.5) is 13.2 Å². The molecule has 2 N–H and O–H groups in total. The van der Waals surface area contributed by atoms with Crippen LogP contribution in [0.25, 0.3) is 11.4 Å². The Hall–Kier alpha value is -2.91. The third-order valence-corrected chi connectivity index (χ3v) is 2.53. The fourth-order valence-corrected chi connectivity index (χ4v) is 1.49. The van der Waals surface area contributed by atoms with Crippen molar-refractivity contribution < 1.29 is 32.4 Å². The standard InChI is InChI=1S/C12H8F3N3O4/c13-12(14,15)11-17-8(18-22-11)7-3-1-6(2-4-7)5-16-9(19)10(20)21/h1-4H,5H2,(H,16,19)(H,20,21). The smallest absolute Gasteiger partial charge is 0.471 e. The van der Waals surface area contributed by atoms with E-state index in [0.29, 0.717) is 5.56 Å². The average Bonchev–Trinajstić information content (AvgIpc) is 2.95. The Labute approximate surface area is 120 Å². The molecule has 0 aliphatic carbocycles. The number of carboxylic acids is 1. The molecular weight excluding hydrogens is 307 g/mol. The monoisotopic (exact) mass is 315 g/mol. The van der Waals surface area contributed by atoms with E-state index in [2.05, 4.69) is 20.0 Å². The first-order valence-electron chi connectivity index (χ1n) is 5.78. The first kappa shape index (κ1) is 15.5. The third kappa shape index (κ3) is 3.59. The summed E-state index contributed by atoms with van der Waals surface area (Å²) in [6, 6.07) is 5.82. The topological polar surface area (TPSA) is 105 Å². The van der Waals surface area contributed by atoms with Gasteiger partial charge < -0.3 is 14.9 Å². The maximum atomic E-state index is 12.3. The third-order valence-electron chi connectivity index (χ3n) is 2.53. The predicted octanol–water partition coefficient (Wildman–Crippen LogP) is 1.46. The quantitative estimate of drug-likeness (QED) is 0.831. The summed E-state index contributed by atoms with van der Waals surface area (Å²) in [6.45, 7) is -0.0363. The molecule has 0 unspecified atom stereocenters. The highest BCUT2D eigenvalue weighted by atomic mass is 19.4. The molecule has 0 atom stereocenters. The van der Waals surface area contributed by atoms with Crippen LogP contribution in [0, 0.1) is 0 Å². The number of nitrogens with one attached hydrogen (secondary N) is 1. The molecule has 7 nitrogen and oxygen atoms in total. The molecule has 116 valence electrons. The SMILES string of the molecule is O=C(O)C(=O)NCc1ccc(-c2noc(C(F)(F)F)n2)cc1. The van der Waals surface area contributed by atoms with Crippen LogP contribution in [0.15, 0.2) is 28.8 Å². The summed E-state index contributed by atoms with van der Waals surface area (Å²) in [4.78, 5) is 24.4. The Balaban J connectivity index is 2.07. The van der Waals surface area contributed by atoms with E-state index in [1.54, 1.807) is 0 Å². The Morgan fingerprint density at radius 1 is 1.23 bits per heavy atom. The largest absolute Gasteiger partial charge is 0.474 e. The number of carboxylic acid groups (broad SMARTS) is 1. The molecule has 0 fully saturated rings. The van der Waals surface area contributed by atoms with Crippen LogP contribution < -0.4 is 5.32 Å². The minimum Gasteiger partial charge on any atom is -0.474 e. The molecule has 0 bridgehead atoms. The molecule has 1 aromatic heterocycles. The summed E-state index contributed by atoms with van der Waals surface area (Å²) in [6.07, 6.45) is -4.72. The Morgan fingerprint density at radius 3 is 2.36 bits per heavy atom. The van der Waals surface area contributed by atoms with Gasteiger partial charge in [0.25, 0.3) is 0 Å². The van der Waals surface area contributed by atoms with Crippen LogP contribution in [0.1, 0.15) is 11.5 Å². The maximum absolute atomic E-state index is 12.3. The maximum Gasteiger partial charge on any atom is 0.471 e. The van der Waals surface area contributed by atoms with E-state index in [-0.39, 0.29) is 17.9 Å². The van der Waals surface area contributed by atoms with E-state index < -0.39 is 23.9 Å². The van der Waals surface area contributed by atoms with Crippen molar-refractivity contribution in [3.05, 3.63) is 35.7 Å². The number of alkyl halides is 3. The highest BCUT2D eigenvalue weighted by molar-refractivity contribution is 6.31. The molecule has 0 saturated heterocycles. The van der Waals surface area contributed by atoms with Gasteiger partial charge in [-0.2, -0.15) is 18.2 Å². The van der Waals surface area contributed by atoms with Crippen molar-refractivity contribution in [2.24, 2.45) is 0 Å². The molecular formula is C12H8F3N3O4. The fraction of sp³-hybridized carbons (Fsp3) is 0.167. The zero-order chi connectivity index (χ0) is 16.3. The van der Waals surface area contributed by atoms with Crippen LogP contribution in [-0.2, 0) is 22.3 Å². The summed E-state index contributed by atoms with van der Waals surface area (Å²) in [5.41, 5.74) is 0.838.